The predicted molar refractivity (Wildman–Crippen MR) is 36.6 cm³/mol. The Hall–Kier alpha value is -1.32. The molecule has 1 fully saturated rings. The number of rotatable bonds is 2. The molecule has 1 heterocycles. The van der Waals surface area contributed by atoms with Crippen molar-refractivity contribution < 1.29 is 9.34 Å². The zero-order valence-corrected chi connectivity index (χ0v) is 5.82. The molecule has 2 rings (SSSR count). The van der Waals surface area contributed by atoms with Crippen molar-refractivity contribution in [3.05, 3.63) is 34.3 Å². The second kappa shape index (κ2) is 1.84. The Morgan fingerprint density at radius 1 is 1.64 bits per heavy atom. The number of nitrogens with zero attached hydrogens (tertiary/aromatic N) is 1. The van der Waals surface area contributed by atoms with Gasteiger partial charge in [0.05, 0.1) is 6.26 Å². The van der Waals surface area contributed by atoms with E-state index in [9.17, 15) is 10.1 Å². The maximum atomic E-state index is 10.5. The Balaban J connectivity index is 2.36. The quantitative estimate of drug-likeness (QED) is 0.478. The van der Waals surface area contributed by atoms with Crippen molar-refractivity contribution in [1.82, 2.24) is 0 Å². The van der Waals surface area contributed by atoms with Gasteiger partial charge in [0, 0.05) is 17.8 Å². The summed E-state index contributed by atoms with van der Waals surface area (Å²) in [5.74, 6) is 0.488. The highest BCUT2D eigenvalue weighted by molar-refractivity contribution is 5.16. The van der Waals surface area contributed by atoms with E-state index in [4.69, 9.17) is 4.42 Å². The Morgan fingerprint density at radius 3 is 2.73 bits per heavy atom. The van der Waals surface area contributed by atoms with Gasteiger partial charge in [-0.1, -0.05) is 0 Å². The minimum absolute atomic E-state index is 0.258. The zero-order valence-electron chi connectivity index (χ0n) is 5.82. The second-order valence-electron chi connectivity index (χ2n) is 2.77. The van der Waals surface area contributed by atoms with E-state index in [-0.39, 0.29) is 4.92 Å². The molecule has 11 heavy (non-hydrogen) atoms. The first-order chi connectivity index (χ1) is 5.26. The smallest absolute Gasteiger partial charge is 0.279 e. The Kier molecular flexibility index (Phi) is 1.07. The first-order valence-corrected chi connectivity index (χ1v) is 3.44. The summed E-state index contributed by atoms with van der Waals surface area (Å²) < 4.78 is 4.98. The fraction of sp³-hybridized carbons (Fsp3) is 0.429. The topological polar surface area (TPSA) is 56.3 Å². The molecule has 0 spiro atoms. The Morgan fingerprint density at radius 2 is 2.36 bits per heavy atom. The van der Waals surface area contributed by atoms with Gasteiger partial charge in [-0.3, -0.25) is 10.1 Å². The van der Waals surface area contributed by atoms with Gasteiger partial charge in [0.1, 0.15) is 0 Å². The van der Waals surface area contributed by atoms with Crippen LogP contribution in [0.15, 0.2) is 22.8 Å². The first-order valence-electron chi connectivity index (χ1n) is 3.44. The van der Waals surface area contributed by atoms with E-state index in [0.29, 0.717) is 18.6 Å². The van der Waals surface area contributed by atoms with Gasteiger partial charge in [0.15, 0.2) is 5.76 Å². The van der Waals surface area contributed by atoms with Gasteiger partial charge in [-0.15, -0.1) is 0 Å². The molecular weight excluding hydrogens is 146 g/mol. The summed E-state index contributed by atoms with van der Waals surface area (Å²) in [6.07, 6.45) is 2.68. The predicted octanol–water partition coefficient (Wildman–Crippen LogP) is 1.55. The van der Waals surface area contributed by atoms with E-state index in [2.05, 4.69) is 0 Å². The highest BCUT2D eigenvalue weighted by Gasteiger charge is 2.59. The standard InChI is InChI=1S/C7H7NO3/c9-8(10)7(3-4-7)6-2-1-5-11-6/h1-2,5H,3-4H2. The molecule has 0 saturated heterocycles. The lowest BCUT2D eigenvalue weighted by Crippen LogP contribution is -2.17. The van der Waals surface area contributed by atoms with Crippen molar-refractivity contribution in [2.24, 2.45) is 0 Å². The highest BCUT2D eigenvalue weighted by atomic mass is 16.6. The Bertz CT molecular complexity index is 274. The molecule has 1 saturated carbocycles. The molecule has 0 amide bonds. The number of hydrogen-bond donors (Lipinski definition) is 0. The van der Waals surface area contributed by atoms with E-state index >= 15 is 0 Å². The third kappa shape index (κ3) is 0.753. The van der Waals surface area contributed by atoms with Gasteiger partial charge in [0.2, 0.25) is 0 Å². The normalized spacial score (nSPS) is 19.6. The van der Waals surface area contributed by atoms with E-state index in [1.165, 1.54) is 6.26 Å². The summed E-state index contributed by atoms with van der Waals surface area (Å²) in [5.41, 5.74) is -0.872. The SMILES string of the molecule is O=[N+]([O-])C1(c2ccco2)CC1. The summed E-state index contributed by atoms with van der Waals surface area (Å²) in [5, 5.41) is 10.5. The van der Waals surface area contributed by atoms with Crippen LogP contribution in [0.25, 0.3) is 0 Å². The van der Waals surface area contributed by atoms with Gasteiger partial charge in [-0.2, -0.15) is 0 Å². The van der Waals surface area contributed by atoms with Crippen LogP contribution in [0.2, 0.25) is 0 Å². The highest BCUT2D eigenvalue weighted by Crippen LogP contribution is 2.48. The average Bonchev–Trinajstić information content (AvgIpc) is 2.61. The largest absolute Gasteiger partial charge is 0.462 e. The molecule has 0 aromatic carbocycles. The third-order valence-corrected chi connectivity index (χ3v) is 2.05. The molecule has 0 unspecified atom stereocenters. The van der Waals surface area contributed by atoms with Crippen molar-refractivity contribution in [1.29, 1.82) is 0 Å². The molecule has 1 aliphatic rings. The number of furan rings is 1. The van der Waals surface area contributed by atoms with Gasteiger partial charge < -0.3 is 4.42 Å². The van der Waals surface area contributed by atoms with Crippen LogP contribution < -0.4 is 0 Å². The van der Waals surface area contributed by atoms with Crippen LogP contribution in [0.1, 0.15) is 18.6 Å². The molecule has 0 bridgehead atoms. The van der Waals surface area contributed by atoms with Crippen LogP contribution in [-0.2, 0) is 5.54 Å². The maximum absolute atomic E-state index is 10.5. The van der Waals surface area contributed by atoms with Gasteiger partial charge in [-0.25, -0.2) is 0 Å². The second-order valence-corrected chi connectivity index (χ2v) is 2.77. The summed E-state index contributed by atoms with van der Waals surface area (Å²) >= 11 is 0. The third-order valence-electron chi connectivity index (χ3n) is 2.05. The maximum Gasteiger partial charge on any atom is 0.279 e. The van der Waals surface area contributed by atoms with Gasteiger partial charge in [-0.05, 0) is 12.1 Å². The van der Waals surface area contributed by atoms with E-state index in [1.54, 1.807) is 12.1 Å². The monoisotopic (exact) mass is 153 g/mol. The molecule has 0 N–H and O–H groups in total. The molecule has 0 atom stereocenters. The average molecular weight is 153 g/mol. The fourth-order valence-electron chi connectivity index (χ4n) is 1.18. The van der Waals surface area contributed by atoms with Crippen molar-refractivity contribution >= 4 is 0 Å². The molecule has 1 aromatic rings. The van der Waals surface area contributed by atoms with Crippen molar-refractivity contribution in [2.45, 2.75) is 18.4 Å². The van der Waals surface area contributed by atoms with Crippen molar-refractivity contribution in [3.8, 4) is 0 Å². The lowest BCUT2D eigenvalue weighted by molar-refractivity contribution is -0.549. The lowest BCUT2D eigenvalue weighted by Gasteiger charge is -2.00. The molecule has 4 nitrogen and oxygen atoms in total. The van der Waals surface area contributed by atoms with Crippen LogP contribution in [-0.4, -0.2) is 4.92 Å². The Labute approximate surface area is 63.0 Å². The fourth-order valence-corrected chi connectivity index (χ4v) is 1.18. The minimum atomic E-state index is -0.872. The van der Waals surface area contributed by atoms with Crippen LogP contribution in [0.3, 0.4) is 0 Å². The number of hydrogen-bond acceptors (Lipinski definition) is 3. The molecule has 0 radical (unpaired) electrons. The zero-order chi connectivity index (χ0) is 7.90. The van der Waals surface area contributed by atoms with Crippen LogP contribution in [0, 0.1) is 10.1 Å². The molecular formula is C7H7NO3. The molecule has 58 valence electrons. The summed E-state index contributed by atoms with van der Waals surface area (Å²) in [6.45, 7) is 0. The van der Waals surface area contributed by atoms with Crippen LogP contribution in [0.4, 0.5) is 0 Å². The van der Waals surface area contributed by atoms with Crippen molar-refractivity contribution in [3.63, 3.8) is 0 Å². The molecule has 0 aliphatic heterocycles. The molecule has 1 aliphatic carbocycles. The molecule has 1 aromatic heterocycles. The van der Waals surface area contributed by atoms with E-state index in [0.717, 1.165) is 0 Å². The van der Waals surface area contributed by atoms with Crippen LogP contribution >= 0.6 is 0 Å². The molecule has 4 heteroatoms. The van der Waals surface area contributed by atoms with Gasteiger partial charge in [0.25, 0.3) is 5.54 Å². The number of nitro groups is 1. The summed E-state index contributed by atoms with van der Waals surface area (Å²) in [7, 11) is 0. The van der Waals surface area contributed by atoms with E-state index < -0.39 is 5.54 Å². The van der Waals surface area contributed by atoms with Gasteiger partial charge >= 0.3 is 0 Å². The van der Waals surface area contributed by atoms with E-state index in [1.807, 2.05) is 0 Å². The van der Waals surface area contributed by atoms with Crippen LogP contribution in [0.5, 0.6) is 0 Å². The summed E-state index contributed by atoms with van der Waals surface area (Å²) in [4.78, 5) is 10.3. The minimum Gasteiger partial charge on any atom is -0.462 e. The first kappa shape index (κ1) is 6.39. The lowest BCUT2D eigenvalue weighted by atomic mass is 10.2. The summed E-state index contributed by atoms with van der Waals surface area (Å²) in [6, 6.07) is 3.34. The van der Waals surface area contributed by atoms with Crippen molar-refractivity contribution in [2.75, 3.05) is 0 Å².